The third-order valence-corrected chi connectivity index (χ3v) is 11.2. The van der Waals surface area contributed by atoms with Crippen LogP contribution in [0.15, 0.2) is 70.1 Å². The van der Waals surface area contributed by atoms with Gasteiger partial charge in [0.1, 0.15) is 0 Å². The van der Waals surface area contributed by atoms with E-state index in [1.54, 1.807) is 0 Å². The van der Waals surface area contributed by atoms with Crippen molar-refractivity contribution in [2.45, 2.75) is 45.1 Å². The largest absolute Gasteiger partial charge is 0.407 e. The minimum absolute atomic E-state index is 0.0238. The van der Waals surface area contributed by atoms with Crippen LogP contribution >= 0.6 is 31.9 Å². The molecule has 0 aromatic heterocycles. The van der Waals surface area contributed by atoms with Gasteiger partial charge in [0.2, 0.25) is 0 Å². The second kappa shape index (κ2) is 8.36. The van der Waals surface area contributed by atoms with Crippen LogP contribution in [0.1, 0.15) is 40.0 Å². The standard InChI is InChI=1S/C23H28Br2OSi/c1-22(2,3)27(19-11-6-4-7-12-19,20-13-8-5-9-14-20)26-18-23(15-10-16-23)17-21(24)25/h4-9,11-14,17H,10,15-16,18H2,1-3H3. The molecule has 1 nitrogen and oxygen atoms in total. The summed E-state index contributed by atoms with van der Waals surface area (Å²) < 4.78 is 8.16. The van der Waals surface area contributed by atoms with Crippen molar-refractivity contribution in [3.8, 4) is 0 Å². The minimum atomic E-state index is -2.45. The van der Waals surface area contributed by atoms with Crippen LogP contribution in [0.3, 0.4) is 0 Å². The van der Waals surface area contributed by atoms with Crippen molar-refractivity contribution < 1.29 is 4.43 Å². The summed E-state index contributed by atoms with van der Waals surface area (Å²) in [4.78, 5) is 0. The van der Waals surface area contributed by atoms with Crippen LogP contribution in [0.5, 0.6) is 0 Å². The Morgan fingerprint density at radius 3 is 1.78 bits per heavy atom. The number of hydrogen-bond acceptors (Lipinski definition) is 1. The Morgan fingerprint density at radius 1 is 0.963 bits per heavy atom. The van der Waals surface area contributed by atoms with Gasteiger partial charge in [-0.25, -0.2) is 0 Å². The van der Waals surface area contributed by atoms with Crippen LogP contribution in [-0.4, -0.2) is 14.9 Å². The number of rotatable bonds is 6. The van der Waals surface area contributed by atoms with Gasteiger partial charge in [-0.1, -0.05) is 93.9 Å². The van der Waals surface area contributed by atoms with E-state index in [-0.39, 0.29) is 10.5 Å². The molecule has 0 spiro atoms. The van der Waals surface area contributed by atoms with Crippen LogP contribution < -0.4 is 10.4 Å². The Labute approximate surface area is 181 Å². The van der Waals surface area contributed by atoms with Gasteiger partial charge >= 0.3 is 0 Å². The normalized spacial score (nSPS) is 16.5. The molecule has 27 heavy (non-hydrogen) atoms. The van der Waals surface area contributed by atoms with Crippen molar-refractivity contribution in [2.75, 3.05) is 6.61 Å². The summed E-state index contributed by atoms with van der Waals surface area (Å²) in [6, 6.07) is 21.8. The van der Waals surface area contributed by atoms with Crippen molar-refractivity contribution in [3.63, 3.8) is 0 Å². The van der Waals surface area contributed by atoms with Crippen molar-refractivity contribution in [3.05, 3.63) is 70.1 Å². The van der Waals surface area contributed by atoms with E-state index in [0.717, 1.165) is 10.00 Å². The lowest BCUT2D eigenvalue weighted by atomic mass is 9.70. The molecule has 0 heterocycles. The van der Waals surface area contributed by atoms with E-state index in [0.29, 0.717) is 0 Å². The molecule has 0 unspecified atom stereocenters. The predicted octanol–water partition coefficient (Wildman–Crippen LogP) is 6.36. The summed E-state index contributed by atoms with van der Waals surface area (Å²) in [6.07, 6.45) is 5.94. The van der Waals surface area contributed by atoms with Crippen LogP contribution in [0.2, 0.25) is 5.04 Å². The Kier molecular flexibility index (Phi) is 6.51. The molecule has 0 aliphatic heterocycles. The summed E-state index contributed by atoms with van der Waals surface area (Å²) in [5.41, 5.74) is 0.134. The monoisotopic (exact) mass is 506 g/mol. The second-order valence-electron chi connectivity index (χ2n) is 8.60. The third-order valence-electron chi connectivity index (χ3n) is 5.76. The lowest BCUT2D eigenvalue weighted by Crippen LogP contribution is -2.67. The molecule has 0 saturated heterocycles. The first-order chi connectivity index (χ1) is 12.8. The topological polar surface area (TPSA) is 9.23 Å². The van der Waals surface area contributed by atoms with Crippen molar-refractivity contribution >= 4 is 50.6 Å². The maximum atomic E-state index is 7.13. The summed E-state index contributed by atoms with van der Waals surface area (Å²) in [5, 5.41) is 2.72. The van der Waals surface area contributed by atoms with Gasteiger partial charge in [0, 0.05) is 12.0 Å². The Balaban J connectivity index is 2.08. The molecule has 4 heteroatoms. The van der Waals surface area contributed by atoms with Gasteiger partial charge < -0.3 is 4.43 Å². The average molecular weight is 508 g/mol. The lowest BCUT2D eigenvalue weighted by Gasteiger charge is -2.47. The Hall–Kier alpha value is -0.683. The smallest absolute Gasteiger partial charge is 0.261 e. The van der Waals surface area contributed by atoms with Gasteiger partial charge in [0.15, 0.2) is 0 Å². The Bertz CT molecular complexity index is 734. The van der Waals surface area contributed by atoms with Gasteiger partial charge in [-0.3, -0.25) is 0 Å². The summed E-state index contributed by atoms with van der Waals surface area (Å²) >= 11 is 7.14. The van der Waals surface area contributed by atoms with Crippen LogP contribution in [0, 0.1) is 5.41 Å². The SMILES string of the molecule is CC(C)(C)[Si](OCC1(C=C(Br)Br)CCC1)(c1ccccc1)c1ccccc1. The molecule has 1 saturated carbocycles. The van der Waals surface area contributed by atoms with E-state index >= 15 is 0 Å². The molecule has 144 valence electrons. The number of halogens is 2. The van der Waals surface area contributed by atoms with Crippen LogP contribution in [-0.2, 0) is 4.43 Å². The van der Waals surface area contributed by atoms with E-state index < -0.39 is 8.32 Å². The zero-order chi connectivity index (χ0) is 19.5. The molecule has 1 aliphatic rings. The van der Waals surface area contributed by atoms with E-state index in [1.807, 2.05) is 0 Å². The van der Waals surface area contributed by atoms with Gasteiger partial charge in [0.05, 0.1) is 3.39 Å². The summed E-state index contributed by atoms with van der Waals surface area (Å²) in [5.74, 6) is 0. The van der Waals surface area contributed by atoms with Gasteiger partial charge in [-0.2, -0.15) is 0 Å². The highest BCUT2D eigenvalue weighted by atomic mass is 79.9. The number of benzene rings is 2. The van der Waals surface area contributed by atoms with E-state index in [1.165, 1.54) is 29.6 Å². The molecule has 0 amide bonds. The second-order valence-corrected chi connectivity index (χ2v) is 15.7. The molecule has 3 rings (SSSR count). The molecule has 0 atom stereocenters. The van der Waals surface area contributed by atoms with E-state index in [9.17, 15) is 0 Å². The van der Waals surface area contributed by atoms with E-state index in [4.69, 9.17) is 4.43 Å². The maximum Gasteiger partial charge on any atom is 0.261 e. The molecule has 0 N–H and O–H groups in total. The van der Waals surface area contributed by atoms with Gasteiger partial charge in [0.25, 0.3) is 8.32 Å². The molecule has 2 aromatic rings. The zero-order valence-corrected chi connectivity index (χ0v) is 20.5. The Morgan fingerprint density at radius 2 is 1.44 bits per heavy atom. The van der Waals surface area contributed by atoms with Crippen molar-refractivity contribution in [1.29, 1.82) is 0 Å². The van der Waals surface area contributed by atoms with E-state index in [2.05, 4.69) is 119 Å². The first-order valence-corrected chi connectivity index (χ1v) is 13.1. The molecular weight excluding hydrogens is 480 g/mol. The minimum Gasteiger partial charge on any atom is -0.407 e. The first kappa shape index (κ1) is 21.0. The molecular formula is C23H28Br2OSi. The third kappa shape index (κ3) is 4.34. The first-order valence-electron chi connectivity index (χ1n) is 9.58. The summed E-state index contributed by atoms with van der Waals surface area (Å²) in [6.45, 7) is 7.77. The van der Waals surface area contributed by atoms with Gasteiger partial charge in [-0.15, -0.1) is 0 Å². The fourth-order valence-electron chi connectivity index (χ4n) is 4.21. The fraction of sp³-hybridized carbons (Fsp3) is 0.391. The predicted molar refractivity (Wildman–Crippen MR) is 126 cm³/mol. The molecule has 2 aromatic carbocycles. The zero-order valence-electron chi connectivity index (χ0n) is 16.3. The highest BCUT2D eigenvalue weighted by Gasteiger charge is 2.51. The summed E-state index contributed by atoms with van der Waals surface area (Å²) in [7, 11) is -2.45. The van der Waals surface area contributed by atoms with Crippen LogP contribution in [0.4, 0.5) is 0 Å². The molecule has 0 radical (unpaired) electrons. The number of hydrogen-bond donors (Lipinski definition) is 0. The van der Waals surface area contributed by atoms with Crippen molar-refractivity contribution in [1.82, 2.24) is 0 Å². The van der Waals surface area contributed by atoms with Crippen molar-refractivity contribution in [2.24, 2.45) is 5.41 Å². The quantitative estimate of drug-likeness (QED) is 0.413. The fourth-order valence-corrected chi connectivity index (χ4v) is 9.84. The van der Waals surface area contributed by atoms with Crippen LogP contribution in [0.25, 0.3) is 0 Å². The lowest BCUT2D eigenvalue weighted by molar-refractivity contribution is 0.101. The highest BCUT2D eigenvalue weighted by Crippen LogP contribution is 2.46. The molecule has 1 fully saturated rings. The maximum absolute atomic E-state index is 7.13. The average Bonchev–Trinajstić information content (AvgIpc) is 2.60. The van der Waals surface area contributed by atoms with Gasteiger partial charge in [-0.05, 0) is 60.1 Å². The molecule has 1 aliphatic carbocycles. The molecule has 0 bridgehead atoms. The highest BCUT2D eigenvalue weighted by molar-refractivity contribution is 9.28.